The number of nitriles is 1. The molecule has 0 atom stereocenters. The van der Waals surface area contributed by atoms with E-state index in [1.54, 1.807) is 17.5 Å². The van der Waals surface area contributed by atoms with Gasteiger partial charge >= 0.3 is 6.01 Å². The van der Waals surface area contributed by atoms with Gasteiger partial charge in [-0.05, 0) is 28.8 Å². The van der Waals surface area contributed by atoms with Gasteiger partial charge in [-0.1, -0.05) is 66.7 Å². The standard InChI is InChI=1S/C32H30N6OS/c33-15-14-28-27(31-35-29-8-4-5-9-30(29)40-31)20-34-32(36-28)39-23-26-12-10-25(11-13-26)22-38-18-16-37(17-19-38)21-24-6-2-1-3-7-24/h1-13,20H,14,16-19,21-23H2. The number of rotatable bonds is 9. The van der Waals surface area contributed by atoms with Gasteiger partial charge < -0.3 is 4.74 Å². The molecule has 200 valence electrons. The summed E-state index contributed by atoms with van der Waals surface area (Å²) in [5, 5.41) is 10.2. The van der Waals surface area contributed by atoms with Gasteiger partial charge in [-0.3, -0.25) is 9.80 Å². The fourth-order valence-corrected chi connectivity index (χ4v) is 5.94. The minimum absolute atomic E-state index is 0.166. The van der Waals surface area contributed by atoms with Crippen LogP contribution in [0, 0.1) is 11.3 Å². The predicted molar refractivity (Wildman–Crippen MR) is 158 cm³/mol. The first kappa shape index (κ1) is 26.1. The number of piperazine rings is 1. The Bertz CT molecular complexity index is 1570. The van der Waals surface area contributed by atoms with Crippen molar-refractivity contribution < 1.29 is 4.74 Å². The highest BCUT2D eigenvalue weighted by Gasteiger charge is 2.17. The molecule has 0 spiro atoms. The Kier molecular flexibility index (Phi) is 8.05. The van der Waals surface area contributed by atoms with Crippen molar-refractivity contribution in [3.05, 3.63) is 107 Å². The van der Waals surface area contributed by atoms with Crippen molar-refractivity contribution in [3.8, 4) is 22.7 Å². The summed E-state index contributed by atoms with van der Waals surface area (Å²) in [6, 6.07) is 29.7. The second-order valence-electron chi connectivity index (χ2n) is 9.98. The molecule has 2 aromatic heterocycles. The lowest BCUT2D eigenvalue weighted by Gasteiger charge is -2.34. The molecule has 0 bridgehead atoms. The van der Waals surface area contributed by atoms with Crippen LogP contribution in [0.1, 0.15) is 22.4 Å². The normalized spacial score (nSPS) is 14.3. The molecule has 0 unspecified atom stereocenters. The van der Waals surface area contributed by atoms with E-state index in [1.165, 1.54) is 11.1 Å². The van der Waals surface area contributed by atoms with Crippen molar-refractivity contribution in [1.29, 1.82) is 5.26 Å². The Balaban J connectivity index is 1.03. The highest BCUT2D eigenvalue weighted by Crippen LogP contribution is 2.32. The molecule has 5 aromatic rings. The van der Waals surface area contributed by atoms with E-state index in [2.05, 4.69) is 80.4 Å². The molecule has 0 aliphatic carbocycles. The lowest BCUT2D eigenvalue weighted by atomic mass is 10.1. The number of fused-ring (bicyclic) bond motifs is 1. The van der Waals surface area contributed by atoms with E-state index in [1.807, 2.05) is 24.3 Å². The van der Waals surface area contributed by atoms with E-state index in [-0.39, 0.29) is 12.4 Å². The number of nitrogens with zero attached hydrogens (tertiary/aromatic N) is 6. The van der Waals surface area contributed by atoms with Gasteiger partial charge in [-0.25, -0.2) is 9.97 Å². The van der Waals surface area contributed by atoms with Crippen LogP contribution in [-0.4, -0.2) is 50.9 Å². The van der Waals surface area contributed by atoms with Crippen LogP contribution in [0.2, 0.25) is 0 Å². The van der Waals surface area contributed by atoms with Gasteiger partial charge in [0.2, 0.25) is 0 Å². The first-order valence-electron chi connectivity index (χ1n) is 13.5. The fourth-order valence-electron chi connectivity index (χ4n) is 4.94. The lowest BCUT2D eigenvalue weighted by Crippen LogP contribution is -2.45. The van der Waals surface area contributed by atoms with Crippen molar-refractivity contribution >= 4 is 21.6 Å². The van der Waals surface area contributed by atoms with Gasteiger partial charge in [0.05, 0.1) is 34.0 Å². The van der Waals surface area contributed by atoms with Crippen molar-refractivity contribution in [2.75, 3.05) is 26.2 Å². The SMILES string of the molecule is N#CCc1nc(OCc2ccc(CN3CCN(Cc4ccccc4)CC3)cc2)ncc1-c1nc2ccccc2s1. The van der Waals surface area contributed by atoms with E-state index < -0.39 is 0 Å². The highest BCUT2D eigenvalue weighted by atomic mass is 32.1. The maximum Gasteiger partial charge on any atom is 0.316 e. The second kappa shape index (κ2) is 12.3. The van der Waals surface area contributed by atoms with Crippen molar-refractivity contribution in [1.82, 2.24) is 24.8 Å². The molecule has 1 aliphatic rings. The smallest absolute Gasteiger partial charge is 0.316 e. The van der Waals surface area contributed by atoms with Crippen LogP contribution in [0.25, 0.3) is 20.8 Å². The van der Waals surface area contributed by atoms with E-state index in [0.29, 0.717) is 12.3 Å². The maximum atomic E-state index is 9.37. The molecule has 7 nitrogen and oxygen atoms in total. The average molecular weight is 547 g/mol. The van der Waals surface area contributed by atoms with Gasteiger partial charge in [0.15, 0.2) is 0 Å². The number of para-hydroxylation sites is 1. The Labute approximate surface area is 238 Å². The molecule has 3 heterocycles. The number of aromatic nitrogens is 3. The van der Waals surface area contributed by atoms with E-state index in [9.17, 15) is 5.26 Å². The monoisotopic (exact) mass is 546 g/mol. The van der Waals surface area contributed by atoms with Crippen LogP contribution in [0.3, 0.4) is 0 Å². The molecular weight excluding hydrogens is 516 g/mol. The molecule has 6 rings (SSSR count). The molecule has 0 radical (unpaired) electrons. The molecule has 8 heteroatoms. The molecular formula is C32H30N6OS. The quantitative estimate of drug-likeness (QED) is 0.234. The molecule has 0 N–H and O–H groups in total. The minimum Gasteiger partial charge on any atom is -0.459 e. The van der Waals surface area contributed by atoms with Crippen LogP contribution in [0.5, 0.6) is 6.01 Å². The summed E-state index contributed by atoms with van der Waals surface area (Å²) >= 11 is 1.57. The van der Waals surface area contributed by atoms with E-state index >= 15 is 0 Å². The number of benzene rings is 3. The fraction of sp³-hybridized carbons (Fsp3) is 0.250. The van der Waals surface area contributed by atoms with Gasteiger partial charge in [0, 0.05) is 45.5 Å². The molecule has 0 amide bonds. The van der Waals surface area contributed by atoms with Crippen LogP contribution < -0.4 is 4.74 Å². The van der Waals surface area contributed by atoms with Gasteiger partial charge in [0.1, 0.15) is 11.6 Å². The highest BCUT2D eigenvalue weighted by molar-refractivity contribution is 7.21. The zero-order chi connectivity index (χ0) is 27.1. The zero-order valence-corrected chi connectivity index (χ0v) is 23.1. The maximum absolute atomic E-state index is 9.37. The predicted octanol–water partition coefficient (Wildman–Crippen LogP) is 5.72. The van der Waals surface area contributed by atoms with Crippen molar-refractivity contribution in [2.24, 2.45) is 0 Å². The number of ether oxygens (including phenoxy) is 1. The molecule has 1 fully saturated rings. The minimum atomic E-state index is 0.166. The summed E-state index contributed by atoms with van der Waals surface area (Å²) in [5.74, 6) is 0. The third kappa shape index (κ3) is 6.35. The van der Waals surface area contributed by atoms with Crippen LogP contribution in [0.4, 0.5) is 0 Å². The first-order valence-corrected chi connectivity index (χ1v) is 14.3. The number of thiazole rings is 1. The van der Waals surface area contributed by atoms with Crippen LogP contribution in [0.15, 0.2) is 85.1 Å². The summed E-state index contributed by atoms with van der Waals surface area (Å²) < 4.78 is 7.01. The van der Waals surface area contributed by atoms with Gasteiger partial charge in [-0.2, -0.15) is 10.2 Å². The lowest BCUT2D eigenvalue weighted by molar-refractivity contribution is 0.122. The third-order valence-electron chi connectivity index (χ3n) is 7.13. The summed E-state index contributed by atoms with van der Waals surface area (Å²) in [6.07, 6.45) is 1.88. The summed E-state index contributed by atoms with van der Waals surface area (Å²) in [4.78, 5) is 18.7. The Morgan fingerprint density at radius 1 is 0.775 bits per heavy atom. The van der Waals surface area contributed by atoms with Gasteiger partial charge in [0.25, 0.3) is 0 Å². The Morgan fingerprint density at radius 2 is 1.43 bits per heavy atom. The molecule has 0 saturated carbocycles. The third-order valence-corrected chi connectivity index (χ3v) is 8.20. The Hall–Kier alpha value is -4.16. The second-order valence-corrected chi connectivity index (χ2v) is 11.0. The largest absolute Gasteiger partial charge is 0.459 e. The summed E-state index contributed by atoms with van der Waals surface area (Å²) in [5.41, 5.74) is 6.07. The van der Waals surface area contributed by atoms with Gasteiger partial charge in [-0.15, -0.1) is 11.3 Å². The number of hydrogen-bond acceptors (Lipinski definition) is 8. The van der Waals surface area contributed by atoms with Crippen molar-refractivity contribution in [2.45, 2.75) is 26.1 Å². The van der Waals surface area contributed by atoms with E-state index in [4.69, 9.17) is 9.72 Å². The first-order chi connectivity index (χ1) is 19.7. The summed E-state index contributed by atoms with van der Waals surface area (Å²) in [7, 11) is 0. The Morgan fingerprint density at radius 3 is 2.12 bits per heavy atom. The van der Waals surface area contributed by atoms with Crippen LogP contribution in [-0.2, 0) is 26.1 Å². The number of hydrogen-bond donors (Lipinski definition) is 0. The van der Waals surface area contributed by atoms with Crippen LogP contribution >= 0.6 is 11.3 Å². The molecule has 1 saturated heterocycles. The van der Waals surface area contributed by atoms with Crippen molar-refractivity contribution in [3.63, 3.8) is 0 Å². The topological polar surface area (TPSA) is 78.2 Å². The summed E-state index contributed by atoms with van der Waals surface area (Å²) in [6.45, 7) is 6.67. The molecule has 1 aliphatic heterocycles. The zero-order valence-electron chi connectivity index (χ0n) is 22.2. The van der Waals surface area contributed by atoms with E-state index in [0.717, 1.165) is 65.6 Å². The molecule has 40 heavy (non-hydrogen) atoms. The molecule has 3 aromatic carbocycles. The average Bonchev–Trinajstić information content (AvgIpc) is 3.43.